The van der Waals surface area contributed by atoms with Crippen molar-refractivity contribution in [3.8, 4) is 0 Å². The number of nitro groups is 1. The number of non-ortho nitro benzene ring substituents is 1. The Morgan fingerprint density at radius 1 is 1.33 bits per heavy atom. The van der Waals surface area contributed by atoms with Crippen molar-refractivity contribution in [3.63, 3.8) is 0 Å². The number of thiazole rings is 1. The number of benzene rings is 1. The number of carbonyl (C=O) groups is 2. The van der Waals surface area contributed by atoms with E-state index in [0.717, 1.165) is 38.2 Å². The van der Waals surface area contributed by atoms with Gasteiger partial charge in [0.2, 0.25) is 0 Å². The number of hydrogen-bond donors (Lipinski definition) is 0. The predicted molar refractivity (Wildman–Crippen MR) is 114 cm³/mol. The molecule has 1 aromatic heterocycles. The fourth-order valence-electron chi connectivity index (χ4n) is 3.47. The van der Waals surface area contributed by atoms with Crippen molar-refractivity contribution >= 4 is 40.1 Å². The molecule has 30 heavy (non-hydrogen) atoms. The quantitative estimate of drug-likeness (QED) is 0.280. The highest BCUT2D eigenvalue weighted by molar-refractivity contribution is 7.13. The normalized spacial score (nSPS) is 15.6. The van der Waals surface area contributed by atoms with Gasteiger partial charge in [-0.1, -0.05) is 31.4 Å². The van der Waals surface area contributed by atoms with E-state index in [1.165, 1.54) is 35.6 Å². The first-order valence-electron chi connectivity index (χ1n) is 9.81. The smallest absolute Gasteiger partial charge is 0.331 e. The molecule has 0 radical (unpaired) electrons. The molecule has 1 fully saturated rings. The lowest BCUT2D eigenvalue weighted by Crippen LogP contribution is -2.47. The minimum Gasteiger partial charge on any atom is -0.449 e. The van der Waals surface area contributed by atoms with Crippen LogP contribution in [0.4, 0.5) is 10.8 Å². The van der Waals surface area contributed by atoms with Crippen LogP contribution in [0, 0.1) is 10.1 Å². The van der Waals surface area contributed by atoms with Crippen LogP contribution in [0.3, 0.4) is 0 Å². The van der Waals surface area contributed by atoms with E-state index in [0.29, 0.717) is 10.7 Å². The second-order valence-corrected chi connectivity index (χ2v) is 7.95. The maximum Gasteiger partial charge on any atom is 0.331 e. The molecule has 0 saturated heterocycles. The molecule has 158 valence electrons. The van der Waals surface area contributed by atoms with Crippen molar-refractivity contribution in [2.24, 2.45) is 0 Å². The highest BCUT2D eigenvalue weighted by Gasteiger charge is 2.32. The number of anilines is 1. The lowest BCUT2D eigenvalue weighted by atomic mass is 9.94. The van der Waals surface area contributed by atoms with Gasteiger partial charge in [0.15, 0.2) is 11.2 Å². The van der Waals surface area contributed by atoms with Crippen LogP contribution in [0.1, 0.15) is 44.6 Å². The van der Waals surface area contributed by atoms with Crippen LogP contribution in [0.5, 0.6) is 0 Å². The molecule has 1 saturated carbocycles. The van der Waals surface area contributed by atoms with E-state index in [2.05, 4.69) is 4.98 Å². The van der Waals surface area contributed by atoms with Crippen LogP contribution in [0.15, 0.2) is 41.9 Å². The number of nitro benzene ring substituents is 1. The second kappa shape index (κ2) is 10.1. The molecule has 1 amide bonds. The molecule has 0 bridgehead atoms. The molecule has 1 atom stereocenters. The van der Waals surface area contributed by atoms with Gasteiger partial charge in [0.1, 0.15) is 0 Å². The molecule has 8 nitrogen and oxygen atoms in total. The Labute approximate surface area is 178 Å². The molecule has 1 aromatic carbocycles. The molecule has 0 aliphatic heterocycles. The van der Waals surface area contributed by atoms with Gasteiger partial charge in [-0.05, 0) is 31.4 Å². The van der Waals surface area contributed by atoms with E-state index in [-0.39, 0.29) is 17.6 Å². The average molecular weight is 429 g/mol. The zero-order valence-electron chi connectivity index (χ0n) is 16.6. The van der Waals surface area contributed by atoms with E-state index in [9.17, 15) is 19.7 Å². The Balaban J connectivity index is 1.66. The van der Waals surface area contributed by atoms with Crippen LogP contribution < -0.4 is 4.90 Å². The predicted octanol–water partition coefficient (Wildman–Crippen LogP) is 4.36. The number of carbonyl (C=O) groups excluding carboxylic acids is 2. The van der Waals surface area contributed by atoms with E-state index in [4.69, 9.17) is 4.74 Å². The fraction of sp³-hybridized carbons (Fsp3) is 0.381. The summed E-state index contributed by atoms with van der Waals surface area (Å²) < 4.78 is 5.31. The van der Waals surface area contributed by atoms with Crippen molar-refractivity contribution in [3.05, 3.63) is 57.6 Å². The SMILES string of the molecule is CC(OC(=O)/C=C/c1cccc([N+](=O)[O-])c1)C(=O)N(c1nccs1)C1CCCCC1. The Bertz CT molecular complexity index is 922. The third-order valence-corrected chi connectivity index (χ3v) is 5.71. The lowest BCUT2D eigenvalue weighted by Gasteiger charge is -2.33. The summed E-state index contributed by atoms with van der Waals surface area (Å²) in [4.78, 5) is 41.6. The van der Waals surface area contributed by atoms with Gasteiger partial charge < -0.3 is 4.74 Å². The van der Waals surface area contributed by atoms with Gasteiger partial charge in [0, 0.05) is 35.8 Å². The van der Waals surface area contributed by atoms with E-state index in [1.54, 1.807) is 24.1 Å². The average Bonchev–Trinajstić information content (AvgIpc) is 3.27. The van der Waals surface area contributed by atoms with Crippen LogP contribution in [0.25, 0.3) is 6.08 Å². The summed E-state index contributed by atoms with van der Waals surface area (Å²) >= 11 is 1.38. The minimum atomic E-state index is -0.974. The van der Waals surface area contributed by atoms with Gasteiger partial charge in [-0.3, -0.25) is 19.8 Å². The highest BCUT2D eigenvalue weighted by Crippen LogP contribution is 2.29. The molecule has 3 rings (SSSR count). The number of amides is 1. The molecule has 1 aliphatic carbocycles. The van der Waals surface area contributed by atoms with Crippen molar-refractivity contribution in [1.29, 1.82) is 0 Å². The molecule has 1 unspecified atom stereocenters. The largest absolute Gasteiger partial charge is 0.449 e. The summed E-state index contributed by atoms with van der Waals surface area (Å²) in [5.74, 6) is -0.987. The summed E-state index contributed by atoms with van der Waals surface area (Å²) in [7, 11) is 0. The highest BCUT2D eigenvalue weighted by atomic mass is 32.1. The first kappa shape index (κ1) is 21.6. The molecule has 1 aliphatic rings. The van der Waals surface area contributed by atoms with Crippen LogP contribution in [-0.2, 0) is 14.3 Å². The topological polar surface area (TPSA) is 103 Å². The maximum atomic E-state index is 13.1. The molecule has 1 heterocycles. The second-order valence-electron chi connectivity index (χ2n) is 7.08. The maximum absolute atomic E-state index is 13.1. The molecule has 9 heteroatoms. The Kier molecular flexibility index (Phi) is 7.29. The summed E-state index contributed by atoms with van der Waals surface area (Å²) in [5, 5.41) is 13.3. The third kappa shape index (κ3) is 5.50. The number of ether oxygens (including phenoxy) is 1. The van der Waals surface area contributed by atoms with E-state index in [1.807, 2.05) is 5.38 Å². The van der Waals surface area contributed by atoms with Crippen LogP contribution in [0.2, 0.25) is 0 Å². The summed E-state index contributed by atoms with van der Waals surface area (Å²) in [6.07, 6.45) is 8.34. The molecular weight excluding hydrogens is 406 g/mol. The Morgan fingerprint density at radius 2 is 2.10 bits per heavy atom. The van der Waals surface area contributed by atoms with Gasteiger partial charge in [-0.15, -0.1) is 11.3 Å². The number of hydrogen-bond acceptors (Lipinski definition) is 7. The molecule has 2 aromatic rings. The van der Waals surface area contributed by atoms with Gasteiger partial charge in [0.05, 0.1) is 4.92 Å². The molecule has 0 N–H and O–H groups in total. The number of rotatable bonds is 7. The third-order valence-electron chi connectivity index (χ3n) is 4.94. The minimum absolute atomic E-state index is 0.0546. The van der Waals surface area contributed by atoms with Crippen LogP contribution in [-0.4, -0.2) is 33.9 Å². The van der Waals surface area contributed by atoms with Crippen molar-refractivity contribution in [1.82, 2.24) is 4.98 Å². The standard InChI is InChI=1S/C21H23N3O5S/c1-15(29-19(25)11-10-16-6-5-9-18(14-16)24(27)28)20(26)23(21-22-12-13-30-21)17-7-3-2-4-8-17/h5-6,9-15,17H,2-4,7-8H2,1H3/b11-10+. The zero-order chi connectivity index (χ0) is 21.5. The van der Waals surface area contributed by atoms with Crippen molar-refractivity contribution in [2.75, 3.05) is 4.90 Å². The fourth-order valence-corrected chi connectivity index (χ4v) is 4.19. The lowest BCUT2D eigenvalue weighted by molar-refractivity contribution is -0.384. The zero-order valence-corrected chi connectivity index (χ0v) is 17.4. The Hall–Kier alpha value is -3.07. The molecular formula is C21H23N3O5S. The van der Waals surface area contributed by atoms with Crippen molar-refractivity contribution < 1.29 is 19.2 Å². The van der Waals surface area contributed by atoms with Gasteiger partial charge >= 0.3 is 5.97 Å². The van der Waals surface area contributed by atoms with Gasteiger partial charge in [-0.2, -0.15) is 0 Å². The summed E-state index contributed by atoms with van der Waals surface area (Å²) in [6.45, 7) is 1.55. The first-order chi connectivity index (χ1) is 14.5. The Morgan fingerprint density at radius 3 is 2.77 bits per heavy atom. The number of esters is 1. The van der Waals surface area contributed by atoms with E-state index >= 15 is 0 Å². The van der Waals surface area contributed by atoms with Gasteiger partial charge in [0.25, 0.3) is 11.6 Å². The van der Waals surface area contributed by atoms with Crippen molar-refractivity contribution in [2.45, 2.75) is 51.2 Å². The van der Waals surface area contributed by atoms with Crippen LogP contribution >= 0.6 is 11.3 Å². The summed E-state index contributed by atoms with van der Waals surface area (Å²) in [6, 6.07) is 5.95. The van der Waals surface area contributed by atoms with Gasteiger partial charge in [-0.25, -0.2) is 9.78 Å². The first-order valence-corrected chi connectivity index (χ1v) is 10.7. The number of nitrogens with zero attached hydrogens (tertiary/aromatic N) is 3. The monoisotopic (exact) mass is 429 g/mol. The number of aromatic nitrogens is 1. The summed E-state index contributed by atoms with van der Waals surface area (Å²) in [5.41, 5.74) is 0.424. The molecule has 0 spiro atoms. The van der Waals surface area contributed by atoms with E-state index < -0.39 is 17.0 Å².